The van der Waals surface area contributed by atoms with Crippen LogP contribution < -0.4 is 0 Å². The molecular weight excluding hydrogens is 304 g/mol. The number of ether oxygens (including phenoxy) is 1. The van der Waals surface area contributed by atoms with E-state index in [1.54, 1.807) is 23.9 Å². The minimum absolute atomic E-state index is 0.355. The second kappa shape index (κ2) is 6.31. The smallest absolute Gasteiger partial charge is 0.330 e. The van der Waals surface area contributed by atoms with Gasteiger partial charge in [-0.05, 0) is 44.5 Å². The Balaban J connectivity index is 2.16. The van der Waals surface area contributed by atoms with Gasteiger partial charge in [-0.25, -0.2) is 9.78 Å². The lowest BCUT2D eigenvalue weighted by molar-refractivity contribution is -0.137. The van der Waals surface area contributed by atoms with Gasteiger partial charge in [-0.1, -0.05) is 0 Å². The van der Waals surface area contributed by atoms with Gasteiger partial charge in [-0.3, -0.25) is 9.25 Å². The number of carbonyl (C=O) groups is 1. The first kappa shape index (κ1) is 16.0. The first-order chi connectivity index (χ1) is 11.5. The average molecular weight is 324 g/mol. The molecule has 3 aromatic heterocycles. The number of aromatic nitrogens is 4. The fraction of sp³-hybridized carbons (Fsp3) is 0.278. The molecule has 24 heavy (non-hydrogen) atoms. The van der Waals surface area contributed by atoms with Crippen molar-refractivity contribution in [3.05, 3.63) is 47.4 Å². The number of carbonyl (C=O) groups excluding carboxylic acids is 1. The van der Waals surface area contributed by atoms with Crippen LogP contribution in [0, 0.1) is 13.8 Å². The molecule has 0 unspecified atom stereocenters. The highest BCUT2D eigenvalue weighted by atomic mass is 16.5. The number of esters is 1. The van der Waals surface area contributed by atoms with E-state index in [0.29, 0.717) is 6.61 Å². The Labute approximate surface area is 140 Å². The molecule has 0 radical (unpaired) electrons. The van der Waals surface area contributed by atoms with Gasteiger partial charge in [0.2, 0.25) is 0 Å². The number of hydrogen-bond acceptors (Lipinski definition) is 4. The molecule has 0 aromatic carbocycles. The van der Waals surface area contributed by atoms with Crippen molar-refractivity contribution in [1.29, 1.82) is 0 Å². The number of nitrogens with zero attached hydrogens (tertiary/aromatic N) is 4. The first-order valence-electron chi connectivity index (χ1n) is 7.84. The minimum Gasteiger partial charge on any atom is -0.463 e. The molecule has 0 aliphatic rings. The maximum atomic E-state index is 11.6. The van der Waals surface area contributed by atoms with Crippen molar-refractivity contribution in [3.63, 3.8) is 0 Å². The van der Waals surface area contributed by atoms with Crippen molar-refractivity contribution in [3.8, 4) is 5.82 Å². The van der Waals surface area contributed by atoms with E-state index in [1.165, 1.54) is 6.08 Å². The van der Waals surface area contributed by atoms with E-state index in [1.807, 2.05) is 36.9 Å². The van der Waals surface area contributed by atoms with Crippen LogP contribution in [0.3, 0.4) is 0 Å². The number of hydrogen-bond donors (Lipinski definition) is 0. The van der Waals surface area contributed by atoms with Crippen LogP contribution in [0.5, 0.6) is 0 Å². The molecule has 6 nitrogen and oxygen atoms in total. The molecule has 0 saturated carbocycles. The molecule has 0 atom stereocenters. The number of fused-ring (bicyclic) bond motifs is 1. The van der Waals surface area contributed by atoms with Crippen molar-refractivity contribution in [2.24, 2.45) is 7.05 Å². The largest absolute Gasteiger partial charge is 0.463 e. The Morgan fingerprint density at radius 2 is 2.17 bits per heavy atom. The van der Waals surface area contributed by atoms with Gasteiger partial charge < -0.3 is 4.74 Å². The highest BCUT2D eigenvalue weighted by molar-refractivity contribution is 5.88. The lowest BCUT2D eigenvalue weighted by Gasteiger charge is -2.07. The molecule has 0 N–H and O–H groups in total. The Morgan fingerprint density at radius 3 is 2.92 bits per heavy atom. The number of pyridine rings is 1. The summed E-state index contributed by atoms with van der Waals surface area (Å²) in [6.45, 7) is 6.11. The summed E-state index contributed by atoms with van der Waals surface area (Å²) >= 11 is 0. The molecule has 0 aliphatic carbocycles. The van der Waals surface area contributed by atoms with Gasteiger partial charge in [-0.15, -0.1) is 0 Å². The van der Waals surface area contributed by atoms with Crippen molar-refractivity contribution in [2.45, 2.75) is 20.8 Å². The van der Waals surface area contributed by atoms with Crippen molar-refractivity contribution >= 4 is 23.1 Å². The van der Waals surface area contributed by atoms with E-state index in [2.05, 4.69) is 17.0 Å². The quantitative estimate of drug-likeness (QED) is 0.547. The monoisotopic (exact) mass is 324 g/mol. The summed E-state index contributed by atoms with van der Waals surface area (Å²) in [5.74, 6) is 0.503. The zero-order chi connectivity index (χ0) is 17.3. The Bertz CT molecular complexity index is 934. The van der Waals surface area contributed by atoms with E-state index < -0.39 is 0 Å². The van der Waals surface area contributed by atoms with Gasteiger partial charge >= 0.3 is 5.97 Å². The van der Waals surface area contributed by atoms with E-state index in [0.717, 1.165) is 33.7 Å². The van der Waals surface area contributed by atoms with Gasteiger partial charge in [0.1, 0.15) is 11.5 Å². The fourth-order valence-corrected chi connectivity index (χ4v) is 2.87. The molecule has 3 rings (SSSR count). The molecule has 0 bridgehead atoms. The van der Waals surface area contributed by atoms with E-state index >= 15 is 0 Å². The van der Waals surface area contributed by atoms with Crippen LogP contribution >= 0.6 is 0 Å². The second-order valence-electron chi connectivity index (χ2n) is 5.59. The maximum Gasteiger partial charge on any atom is 0.330 e. The summed E-state index contributed by atoms with van der Waals surface area (Å²) in [6, 6.07) is 3.97. The molecule has 124 valence electrons. The second-order valence-corrected chi connectivity index (χ2v) is 5.59. The first-order valence-corrected chi connectivity index (χ1v) is 7.84. The van der Waals surface area contributed by atoms with Crippen LogP contribution in [0.2, 0.25) is 0 Å². The molecule has 0 fully saturated rings. The lowest BCUT2D eigenvalue weighted by atomic mass is 10.2. The standard InChI is InChI=1S/C18H20N4O2/c1-5-24-16(23)9-8-15-13(3)20-21(4)18(15)22-11-12(2)14-7-6-10-19-17(14)22/h6-11H,5H2,1-4H3. The highest BCUT2D eigenvalue weighted by Gasteiger charge is 2.17. The Kier molecular flexibility index (Phi) is 4.20. The zero-order valence-corrected chi connectivity index (χ0v) is 14.3. The Morgan fingerprint density at radius 1 is 1.38 bits per heavy atom. The molecule has 0 aliphatic heterocycles. The van der Waals surface area contributed by atoms with E-state index in [4.69, 9.17) is 4.74 Å². The number of rotatable bonds is 4. The molecular formula is C18H20N4O2. The molecule has 6 heteroatoms. The topological polar surface area (TPSA) is 61.9 Å². The van der Waals surface area contributed by atoms with Crippen molar-refractivity contribution in [1.82, 2.24) is 19.3 Å². The lowest BCUT2D eigenvalue weighted by Crippen LogP contribution is -2.04. The molecule has 3 heterocycles. The Hall–Kier alpha value is -2.89. The average Bonchev–Trinajstić information content (AvgIpc) is 3.02. The summed E-state index contributed by atoms with van der Waals surface area (Å²) in [5, 5.41) is 5.59. The van der Waals surface area contributed by atoms with Crippen molar-refractivity contribution in [2.75, 3.05) is 6.61 Å². The molecule has 0 amide bonds. The normalized spacial score (nSPS) is 11.5. The predicted molar refractivity (Wildman–Crippen MR) is 93.0 cm³/mol. The SMILES string of the molecule is CCOC(=O)C=Cc1c(C)nn(C)c1-n1cc(C)c2cccnc21. The summed E-state index contributed by atoms with van der Waals surface area (Å²) in [4.78, 5) is 16.1. The molecule has 0 saturated heterocycles. The van der Waals surface area contributed by atoms with Crippen LogP contribution in [0.25, 0.3) is 22.9 Å². The molecule has 0 spiro atoms. The van der Waals surface area contributed by atoms with E-state index in [-0.39, 0.29) is 5.97 Å². The summed E-state index contributed by atoms with van der Waals surface area (Å²) < 4.78 is 8.77. The summed E-state index contributed by atoms with van der Waals surface area (Å²) in [6.07, 6.45) is 6.99. The number of aryl methyl sites for hydroxylation is 3. The van der Waals surface area contributed by atoms with Gasteiger partial charge in [0.05, 0.1) is 12.3 Å². The maximum absolute atomic E-state index is 11.6. The third-order valence-electron chi connectivity index (χ3n) is 3.90. The highest BCUT2D eigenvalue weighted by Crippen LogP contribution is 2.26. The van der Waals surface area contributed by atoms with Crippen LogP contribution in [-0.4, -0.2) is 31.9 Å². The van der Waals surface area contributed by atoms with Gasteiger partial charge in [0, 0.05) is 36.5 Å². The van der Waals surface area contributed by atoms with Crippen LogP contribution in [0.15, 0.2) is 30.6 Å². The van der Waals surface area contributed by atoms with Crippen LogP contribution in [0.4, 0.5) is 0 Å². The van der Waals surface area contributed by atoms with Gasteiger partial charge in [-0.2, -0.15) is 5.10 Å². The predicted octanol–water partition coefficient (Wildman–Crippen LogP) is 2.95. The fourth-order valence-electron chi connectivity index (χ4n) is 2.87. The van der Waals surface area contributed by atoms with Gasteiger partial charge in [0.25, 0.3) is 0 Å². The van der Waals surface area contributed by atoms with E-state index in [9.17, 15) is 4.79 Å². The van der Waals surface area contributed by atoms with Gasteiger partial charge in [0.15, 0.2) is 0 Å². The minimum atomic E-state index is -0.363. The molecule has 3 aromatic rings. The van der Waals surface area contributed by atoms with Crippen LogP contribution in [0.1, 0.15) is 23.7 Å². The zero-order valence-electron chi connectivity index (χ0n) is 14.3. The third kappa shape index (κ3) is 2.71. The van der Waals surface area contributed by atoms with Crippen LogP contribution in [-0.2, 0) is 16.6 Å². The van der Waals surface area contributed by atoms with Crippen molar-refractivity contribution < 1.29 is 9.53 Å². The summed E-state index contributed by atoms with van der Waals surface area (Å²) in [7, 11) is 1.88. The summed E-state index contributed by atoms with van der Waals surface area (Å²) in [5.41, 5.74) is 3.71. The third-order valence-corrected chi connectivity index (χ3v) is 3.90.